The average molecular weight is 249 g/mol. The summed E-state index contributed by atoms with van der Waals surface area (Å²) < 4.78 is 14.5. The highest BCUT2D eigenvalue weighted by atomic mass is 35.5. The molecule has 0 fully saturated rings. The van der Waals surface area contributed by atoms with Crippen molar-refractivity contribution in [2.75, 3.05) is 0 Å². The first-order valence-electron chi connectivity index (χ1n) is 4.86. The summed E-state index contributed by atoms with van der Waals surface area (Å²) in [5.41, 5.74) is 1.37. The van der Waals surface area contributed by atoms with Crippen LogP contribution in [0.15, 0.2) is 36.7 Å². The quantitative estimate of drug-likeness (QED) is 0.622. The Kier molecular flexibility index (Phi) is 2.26. The van der Waals surface area contributed by atoms with Gasteiger partial charge in [-0.25, -0.2) is 9.37 Å². The Morgan fingerprint density at radius 1 is 1.12 bits per heavy atom. The molecular weight excluding hydrogens is 243 g/mol. The van der Waals surface area contributed by atoms with Gasteiger partial charge in [0, 0.05) is 11.6 Å². The second kappa shape index (κ2) is 3.78. The van der Waals surface area contributed by atoms with Crippen LogP contribution in [0.3, 0.4) is 0 Å². The molecule has 0 bridgehead atoms. The van der Waals surface area contributed by atoms with Crippen molar-refractivity contribution in [3.63, 3.8) is 0 Å². The summed E-state index contributed by atoms with van der Waals surface area (Å²) in [6.07, 6.45) is 1.54. The topological polar surface area (TPSA) is 43.1 Å². The highest BCUT2D eigenvalue weighted by molar-refractivity contribution is 6.29. The van der Waals surface area contributed by atoms with Crippen molar-refractivity contribution >= 4 is 17.2 Å². The normalized spacial score (nSPS) is 10.9. The minimum atomic E-state index is -0.288. The fourth-order valence-corrected chi connectivity index (χ4v) is 1.71. The van der Waals surface area contributed by atoms with Crippen molar-refractivity contribution in [1.82, 2.24) is 19.6 Å². The highest BCUT2D eigenvalue weighted by Crippen LogP contribution is 2.19. The van der Waals surface area contributed by atoms with E-state index >= 15 is 0 Å². The van der Waals surface area contributed by atoms with Crippen molar-refractivity contribution in [3.05, 3.63) is 47.6 Å². The van der Waals surface area contributed by atoms with Crippen molar-refractivity contribution in [1.29, 1.82) is 0 Å². The predicted molar refractivity (Wildman–Crippen MR) is 61.2 cm³/mol. The summed E-state index contributed by atoms with van der Waals surface area (Å²) in [5.74, 6) is 0.313. The summed E-state index contributed by atoms with van der Waals surface area (Å²) in [7, 11) is 0. The molecule has 3 rings (SSSR count). The van der Waals surface area contributed by atoms with E-state index in [0.717, 1.165) is 5.56 Å². The van der Waals surface area contributed by atoms with E-state index in [1.807, 2.05) is 0 Å². The standard InChI is InChI=1S/C11H6ClFN4/c12-9-5-10-15-16-11(17(10)6-14-9)7-1-3-8(13)4-2-7/h1-6H. The van der Waals surface area contributed by atoms with Gasteiger partial charge in [0.25, 0.3) is 0 Å². The first-order valence-corrected chi connectivity index (χ1v) is 5.24. The molecule has 3 aromatic rings. The van der Waals surface area contributed by atoms with Crippen molar-refractivity contribution in [2.24, 2.45) is 0 Å². The minimum absolute atomic E-state index is 0.288. The molecule has 2 aromatic heterocycles. The second-order valence-electron chi connectivity index (χ2n) is 3.47. The van der Waals surface area contributed by atoms with Gasteiger partial charge in [-0.05, 0) is 24.3 Å². The molecule has 6 heteroatoms. The Labute approximate surface area is 101 Å². The lowest BCUT2D eigenvalue weighted by molar-refractivity contribution is 0.628. The number of halogens is 2. The van der Waals surface area contributed by atoms with E-state index in [4.69, 9.17) is 11.6 Å². The van der Waals surface area contributed by atoms with E-state index in [1.54, 1.807) is 22.6 Å². The second-order valence-corrected chi connectivity index (χ2v) is 3.86. The first kappa shape index (κ1) is 10.2. The molecule has 4 nitrogen and oxygen atoms in total. The lowest BCUT2D eigenvalue weighted by Crippen LogP contribution is -1.91. The number of fused-ring (bicyclic) bond motifs is 1. The van der Waals surface area contributed by atoms with Crippen molar-refractivity contribution < 1.29 is 4.39 Å². The van der Waals surface area contributed by atoms with E-state index in [1.165, 1.54) is 18.5 Å². The molecule has 0 amide bonds. The van der Waals surface area contributed by atoms with E-state index in [-0.39, 0.29) is 5.82 Å². The van der Waals surface area contributed by atoms with Crippen LogP contribution in [0.2, 0.25) is 5.15 Å². The number of aromatic nitrogens is 4. The molecule has 0 saturated heterocycles. The lowest BCUT2D eigenvalue weighted by atomic mass is 10.2. The fraction of sp³-hybridized carbons (Fsp3) is 0. The number of rotatable bonds is 1. The molecule has 17 heavy (non-hydrogen) atoms. The van der Waals surface area contributed by atoms with Crippen LogP contribution in [-0.4, -0.2) is 19.6 Å². The fourth-order valence-electron chi connectivity index (χ4n) is 1.57. The Balaban J connectivity index is 2.21. The Morgan fingerprint density at radius 3 is 2.65 bits per heavy atom. The maximum atomic E-state index is 12.8. The number of benzene rings is 1. The minimum Gasteiger partial charge on any atom is -0.265 e. The molecule has 0 aliphatic carbocycles. The van der Waals surface area contributed by atoms with E-state index in [2.05, 4.69) is 15.2 Å². The third kappa shape index (κ3) is 1.74. The predicted octanol–water partition coefficient (Wildman–Crippen LogP) is 2.58. The summed E-state index contributed by atoms with van der Waals surface area (Å²) in [5, 5.41) is 8.36. The van der Waals surface area contributed by atoms with Gasteiger partial charge in [0.15, 0.2) is 11.5 Å². The Morgan fingerprint density at radius 2 is 1.88 bits per heavy atom. The third-order valence-electron chi connectivity index (χ3n) is 2.37. The number of hydrogen-bond donors (Lipinski definition) is 0. The molecule has 0 radical (unpaired) electrons. The van der Waals surface area contributed by atoms with Crippen LogP contribution in [0.25, 0.3) is 17.0 Å². The highest BCUT2D eigenvalue weighted by Gasteiger charge is 2.08. The lowest BCUT2D eigenvalue weighted by Gasteiger charge is -1.99. The van der Waals surface area contributed by atoms with Gasteiger partial charge in [-0.15, -0.1) is 10.2 Å². The largest absolute Gasteiger partial charge is 0.265 e. The summed E-state index contributed by atoms with van der Waals surface area (Å²) in [4.78, 5) is 3.96. The van der Waals surface area contributed by atoms with Crippen molar-refractivity contribution in [3.8, 4) is 11.4 Å². The van der Waals surface area contributed by atoms with Crippen LogP contribution < -0.4 is 0 Å². The van der Waals surface area contributed by atoms with Gasteiger partial charge < -0.3 is 0 Å². The summed E-state index contributed by atoms with van der Waals surface area (Å²) in [6, 6.07) is 7.64. The summed E-state index contributed by atoms with van der Waals surface area (Å²) >= 11 is 5.75. The SMILES string of the molecule is Fc1ccc(-c2nnc3cc(Cl)ncn23)cc1. The van der Waals surface area contributed by atoms with Gasteiger partial charge in [-0.3, -0.25) is 4.40 Å². The van der Waals surface area contributed by atoms with Gasteiger partial charge in [-0.1, -0.05) is 11.6 Å². The van der Waals surface area contributed by atoms with E-state index in [0.29, 0.717) is 16.6 Å². The van der Waals surface area contributed by atoms with Crippen LogP contribution in [0, 0.1) is 5.82 Å². The van der Waals surface area contributed by atoms with Crippen LogP contribution >= 0.6 is 11.6 Å². The molecule has 0 spiro atoms. The van der Waals surface area contributed by atoms with Gasteiger partial charge in [0.05, 0.1) is 0 Å². The summed E-state index contributed by atoms with van der Waals surface area (Å²) in [6.45, 7) is 0. The van der Waals surface area contributed by atoms with Gasteiger partial charge >= 0.3 is 0 Å². The average Bonchev–Trinajstić information content (AvgIpc) is 2.73. The molecule has 84 valence electrons. The van der Waals surface area contributed by atoms with Gasteiger partial charge in [-0.2, -0.15) is 0 Å². The van der Waals surface area contributed by atoms with E-state index < -0.39 is 0 Å². The molecule has 0 N–H and O–H groups in total. The van der Waals surface area contributed by atoms with E-state index in [9.17, 15) is 4.39 Å². The molecule has 0 aliphatic heterocycles. The zero-order valence-electron chi connectivity index (χ0n) is 8.51. The molecule has 0 saturated carbocycles. The van der Waals surface area contributed by atoms with Crippen molar-refractivity contribution in [2.45, 2.75) is 0 Å². The third-order valence-corrected chi connectivity index (χ3v) is 2.58. The maximum absolute atomic E-state index is 12.8. The molecule has 1 aromatic carbocycles. The molecule has 2 heterocycles. The van der Waals surface area contributed by atoms with Gasteiger partial charge in [0.1, 0.15) is 17.3 Å². The molecule has 0 unspecified atom stereocenters. The maximum Gasteiger partial charge on any atom is 0.169 e. The van der Waals surface area contributed by atoms with Gasteiger partial charge in [0.2, 0.25) is 0 Å². The van der Waals surface area contributed by atoms with Crippen LogP contribution in [0.4, 0.5) is 4.39 Å². The molecule has 0 aliphatic rings. The number of hydrogen-bond acceptors (Lipinski definition) is 3. The number of nitrogens with zero attached hydrogens (tertiary/aromatic N) is 4. The van der Waals surface area contributed by atoms with Crippen LogP contribution in [0.5, 0.6) is 0 Å². The monoisotopic (exact) mass is 248 g/mol. The molecule has 0 atom stereocenters. The zero-order valence-corrected chi connectivity index (χ0v) is 9.26. The first-order chi connectivity index (χ1) is 8.24. The zero-order chi connectivity index (χ0) is 11.8. The Hall–Kier alpha value is -2.01. The Bertz CT molecular complexity index is 678. The smallest absolute Gasteiger partial charge is 0.169 e. The van der Waals surface area contributed by atoms with Crippen LogP contribution in [0.1, 0.15) is 0 Å². The van der Waals surface area contributed by atoms with Crippen LogP contribution in [-0.2, 0) is 0 Å². The molecular formula is C11H6ClFN4.